The largest absolute Gasteiger partial charge is 0.354 e. The summed E-state index contributed by atoms with van der Waals surface area (Å²) in [5, 5.41) is 6.10. The van der Waals surface area contributed by atoms with Crippen molar-refractivity contribution in [1.82, 2.24) is 34.9 Å². The maximum Gasteiger partial charge on any atom is 0.255 e. The van der Waals surface area contributed by atoms with Gasteiger partial charge in [-0.1, -0.05) is 84.9 Å². The number of aromatic amines is 2. The molecule has 9 nitrogen and oxygen atoms in total. The fourth-order valence-corrected chi connectivity index (χ4v) is 9.81. The highest BCUT2D eigenvalue weighted by molar-refractivity contribution is 6.08. The number of amides is 1. The van der Waals surface area contributed by atoms with Crippen molar-refractivity contribution >= 4 is 90.7 Å². The highest BCUT2D eigenvalue weighted by atomic mass is 16.1. The molecule has 0 radical (unpaired) electrons. The van der Waals surface area contributed by atoms with Gasteiger partial charge in [0, 0.05) is 90.3 Å². The van der Waals surface area contributed by atoms with E-state index in [-0.39, 0.29) is 5.91 Å². The number of H-pyrrole nitrogens is 2. The van der Waals surface area contributed by atoms with E-state index in [1.165, 1.54) is 0 Å². The van der Waals surface area contributed by atoms with Gasteiger partial charge in [0.2, 0.25) is 0 Å². The summed E-state index contributed by atoms with van der Waals surface area (Å²) < 4.78 is 0. The van der Waals surface area contributed by atoms with Crippen LogP contribution in [0.3, 0.4) is 0 Å². The fraction of sp³-hybridized carbons (Fsp3) is 0. The predicted octanol–water partition coefficient (Wildman–Crippen LogP) is 14.2. The van der Waals surface area contributed by atoms with E-state index in [4.69, 9.17) is 24.9 Å². The Balaban J connectivity index is 1.15. The van der Waals surface area contributed by atoms with Crippen LogP contribution in [0, 0.1) is 0 Å². The summed E-state index contributed by atoms with van der Waals surface area (Å²) in [6.07, 6.45) is 14.0. The number of fused-ring (bicyclic) bond motifs is 11. The Hall–Kier alpha value is -9.60. The number of rotatable bonds is 6. The maximum absolute atomic E-state index is 13.2. The molecule has 0 saturated carbocycles. The number of nitrogens with one attached hydrogen (secondary N) is 3. The minimum Gasteiger partial charge on any atom is -0.354 e. The minimum atomic E-state index is -0.175. The summed E-state index contributed by atoms with van der Waals surface area (Å²) in [5.74, 6) is -0.175. The Bertz CT molecular complexity index is 4040. The van der Waals surface area contributed by atoms with Gasteiger partial charge in [-0.25, -0.2) is 9.97 Å². The first-order valence-corrected chi connectivity index (χ1v) is 22.8. The highest BCUT2D eigenvalue weighted by Crippen LogP contribution is 2.41. The average molecular weight is 887 g/mol. The van der Waals surface area contributed by atoms with Crippen molar-refractivity contribution in [2.24, 2.45) is 0 Å². The standard InChI is InChI=1S/C60H38N8O/c69-60(37-10-2-1-3-11-37)64-38-20-18-36(19-21-38)56-48-22-24-50(65-48)57(42-30-33-61-45-15-7-4-12-39(42)45)52-26-28-54(67-52)59(44-32-35-63-47-17-9-6-14-41(44)47)55-29-27-53(68-55)58(51-25-23-49(56)66-51)43-31-34-62-46-16-8-5-13-40(43)46/h1-35,65,68H,(H,64,69). The molecule has 3 N–H and O–H groups in total. The second-order valence-electron chi connectivity index (χ2n) is 17.0. The van der Waals surface area contributed by atoms with E-state index in [0.717, 1.165) is 122 Å². The zero-order valence-electron chi connectivity index (χ0n) is 36.9. The zero-order chi connectivity index (χ0) is 45.8. The lowest BCUT2D eigenvalue weighted by molar-refractivity contribution is 0.102. The van der Waals surface area contributed by atoms with Gasteiger partial charge < -0.3 is 15.3 Å². The molecule has 8 bridgehead atoms. The third-order valence-corrected chi connectivity index (χ3v) is 13.0. The van der Waals surface area contributed by atoms with Crippen molar-refractivity contribution in [3.8, 4) is 44.5 Å². The molecular formula is C60H38N8O. The van der Waals surface area contributed by atoms with Crippen molar-refractivity contribution in [1.29, 1.82) is 0 Å². The number of hydrogen-bond donors (Lipinski definition) is 3. The van der Waals surface area contributed by atoms with Crippen LogP contribution in [-0.4, -0.2) is 40.8 Å². The lowest BCUT2D eigenvalue weighted by Crippen LogP contribution is -2.11. The smallest absolute Gasteiger partial charge is 0.255 e. The molecule has 0 fully saturated rings. The molecule has 0 unspecified atom stereocenters. The topological polar surface area (TPSA) is 125 Å². The van der Waals surface area contributed by atoms with Crippen LogP contribution in [0.4, 0.5) is 5.69 Å². The predicted molar refractivity (Wildman–Crippen MR) is 281 cm³/mol. The molecule has 69 heavy (non-hydrogen) atoms. The number of benzene rings is 5. The van der Waals surface area contributed by atoms with E-state index in [0.29, 0.717) is 11.3 Å². The van der Waals surface area contributed by atoms with E-state index in [1.54, 1.807) is 12.1 Å². The van der Waals surface area contributed by atoms with Gasteiger partial charge in [0.05, 0.1) is 39.3 Å². The second kappa shape index (κ2) is 16.4. The monoisotopic (exact) mass is 886 g/mol. The van der Waals surface area contributed by atoms with E-state index in [2.05, 4.69) is 106 Å². The molecule has 13 rings (SSSR count). The molecule has 5 aromatic carbocycles. The van der Waals surface area contributed by atoms with Crippen LogP contribution in [0.2, 0.25) is 0 Å². The third kappa shape index (κ3) is 6.96. The van der Waals surface area contributed by atoms with Crippen LogP contribution in [0.5, 0.6) is 0 Å². The summed E-state index contributed by atoms with van der Waals surface area (Å²) in [5.41, 5.74) is 18.2. The van der Waals surface area contributed by atoms with Gasteiger partial charge in [-0.05, 0) is 131 Å². The Labute approximate surface area is 395 Å². The quantitative estimate of drug-likeness (QED) is 0.153. The second-order valence-corrected chi connectivity index (χ2v) is 17.0. The first-order chi connectivity index (χ1) is 34.1. The molecule has 0 atom stereocenters. The van der Waals surface area contributed by atoms with Gasteiger partial charge in [0.1, 0.15) is 0 Å². The molecule has 0 saturated heterocycles. The van der Waals surface area contributed by atoms with E-state index < -0.39 is 0 Å². The van der Waals surface area contributed by atoms with Gasteiger partial charge in [0.25, 0.3) is 5.91 Å². The van der Waals surface area contributed by atoms with Crippen LogP contribution >= 0.6 is 0 Å². The van der Waals surface area contributed by atoms with Crippen molar-refractivity contribution in [3.63, 3.8) is 0 Å². The number of carbonyl (C=O) groups excluding carboxylic acids is 1. The SMILES string of the molecule is O=C(Nc1ccc(-c2c3nc(c(-c4ccnc5ccccc45)c4ccc([nH]4)c(-c4ccnc5ccccc45)c4nc(c(-c5ccnc6ccccc56)c5ccc2[nH]5)C=C4)C=C3)cc1)c1ccccc1. The van der Waals surface area contributed by atoms with Gasteiger partial charge in [-0.15, -0.1) is 0 Å². The molecule has 0 aliphatic carbocycles. The number of pyridine rings is 3. The molecule has 6 aromatic heterocycles. The molecule has 9 heteroatoms. The van der Waals surface area contributed by atoms with E-state index in [9.17, 15) is 4.79 Å². The number of carbonyl (C=O) groups is 1. The van der Waals surface area contributed by atoms with Crippen molar-refractivity contribution in [2.45, 2.75) is 0 Å². The van der Waals surface area contributed by atoms with Crippen LogP contribution < -0.4 is 5.32 Å². The van der Waals surface area contributed by atoms with Crippen molar-refractivity contribution in [2.75, 3.05) is 5.32 Å². The van der Waals surface area contributed by atoms with Gasteiger partial charge >= 0.3 is 0 Å². The number of para-hydroxylation sites is 3. The number of hydrogen-bond acceptors (Lipinski definition) is 6. The van der Waals surface area contributed by atoms with Crippen LogP contribution in [0.15, 0.2) is 188 Å². The van der Waals surface area contributed by atoms with Crippen LogP contribution in [0.25, 0.3) is 124 Å². The van der Waals surface area contributed by atoms with Crippen LogP contribution in [-0.2, 0) is 0 Å². The van der Waals surface area contributed by atoms with E-state index in [1.807, 2.05) is 110 Å². The molecule has 8 heterocycles. The van der Waals surface area contributed by atoms with Gasteiger partial charge in [-0.3, -0.25) is 19.7 Å². The zero-order valence-corrected chi connectivity index (χ0v) is 36.9. The number of nitrogens with zero attached hydrogens (tertiary/aromatic N) is 5. The first kappa shape index (κ1) is 39.7. The Morgan fingerprint density at radius 3 is 1.19 bits per heavy atom. The summed E-state index contributed by atoms with van der Waals surface area (Å²) in [7, 11) is 0. The van der Waals surface area contributed by atoms with Gasteiger partial charge in [-0.2, -0.15) is 0 Å². The molecular weight excluding hydrogens is 849 g/mol. The number of aromatic nitrogens is 7. The van der Waals surface area contributed by atoms with E-state index >= 15 is 0 Å². The molecule has 1 amide bonds. The van der Waals surface area contributed by atoms with Crippen LogP contribution in [0.1, 0.15) is 33.1 Å². The Morgan fingerprint density at radius 2 is 0.754 bits per heavy atom. The summed E-state index contributed by atoms with van der Waals surface area (Å²) in [6, 6.07) is 56.6. The Kier molecular flexibility index (Phi) is 9.43. The van der Waals surface area contributed by atoms with Gasteiger partial charge in [0.15, 0.2) is 0 Å². The first-order valence-electron chi connectivity index (χ1n) is 22.8. The molecule has 2 aliphatic rings. The molecule has 2 aliphatic heterocycles. The maximum atomic E-state index is 13.2. The highest BCUT2D eigenvalue weighted by Gasteiger charge is 2.21. The fourth-order valence-electron chi connectivity index (χ4n) is 9.81. The molecule has 11 aromatic rings. The normalized spacial score (nSPS) is 12.0. The lowest BCUT2D eigenvalue weighted by atomic mass is 9.99. The van der Waals surface area contributed by atoms with Crippen molar-refractivity contribution in [3.05, 3.63) is 217 Å². The summed E-state index contributed by atoms with van der Waals surface area (Å²) >= 11 is 0. The lowest BCUT2D eigenvalue weighted by Gasteiger charge is -2.10. The minimum absolute atomic E-state index is 0.175. The molecule has 324 valence electrons. The Morgan fingerprint density at radius 1 is 0.377 bits per heavy atom. The number of anilines is 1. The summed E-state index contributed by atoms with van der Waals surface area (Å²) in [4.78, 5) is 46.4. The average Bonchev–Trinajstić information content (AvgIpc) is 4.26. The summed E-state index contributed by atoms with van der Waals surface area (Å²) in [6.45, 7) is 0. The van der Waals surface area contributed by atoms with Crippen molar-refractivity contribution < 1.29 is 4.79 Å². The third-order valence-electron chi connectivity index (χ3n) is 13.0. The molecule has 0 spiro atoms.